The van der Waals surface area contributed by atoms with Crippen molar-refractivity contribution in [2.75, 3.05) is 47.5 Å². The molecule has 0 aromatic rings. The number of carboxylic acids is 1. The molecular weight excluding hydrogens is 1130 g/mol. The van der Waals surface area contributed by atoms with Gasteiger partial charge in [0.25, 0.3) is 6.29 Å². The number of nitrogens with zero attached hydrogens (tertiary/aromatic N) is 1. The summed E-state index contributed by atoms with van der Waals surface area (Å²) >= 11 is 0. The molecule has 0 radical (unpaired) electrons. The Morgan fingerprint density at radius 1 is 0.341 bits per heavy atom. The van der Waals surface area contributed by atoms with Crippen molar-refractivity contribution >= 4 is 17.9 Å². The lowest BCUT2D eigenvalue weighted by atomic mass is 10.1. The second-order valence-corrected chi connectivity index (χ2v) is 24.8. The number of rotatable bonds is 65. The zero-order chi connectivity index (χ0) is 66.1. The van der Waals surface area contributed by atoms with Crippen molar-refractivity contribution in [2.24, 2.45) is 0 Å². The number of likely N-dealkylation sites (N-methyl/N-ethyl adjacent to an activating group) is 1. The highest BCUT2D eigenvalue weighted by atomic mass is 16.7. The number of carbonyl (C=O) groups is 3. The summed E-state index contributed by atoms with van der Waals surface area (Å²) in [6.45, 7) is 4.73. The van der Waals surface area contributed by atoms with E-state index in [2.05, 4.69) is 184 Å². The van der Waals surface area contributed by atoms with Crippen molar-refractivity contribution < 1.29 is 42.9 Å². The molecule has 2 atom stereocenters. The van der Waals surface area contributed by atoms with Crippen LogP contribution in [0.5, 0.6) is 0 Å². The van der Waals surface area contributed by atoms with E-state index in [4.69, 9.17) is 18.9 Å². The standard InChI is InChI=1S/C82H133NO8/c1-6-8-10-12-14-16-18-20-22-24-26-28-30-32-33-34-35-36-37-38-39-40-41-42-43-44-45-46-47-49-51-53-55-57-59-61-63-65-67-69-71-73-80(85)91-78(77-90-82(81(86)87)88-75-74-83(3,4)5)76-89-79(84)72-70-68-66-64-62-60-58-56-54-52-50-48-31-29-27-25-23-21-19-17-15-13-11-9-7-2/h8,10,14,16,19-22,25-28,31-33,35-36,38-39,41-42,44-45,47-49,53,55,78,82H,6-7,9,11-13,15,17-18,23-24,29-30,34,37,40,43,46,50-52,54,56-77H2,1-5H3/p+1/b10-8-,16-14-,21-19-,22-20-,27-25-,28-26-,33-32-,36-35-,39-38-,42-41-,45-44-,48-31-,49-47-,55-53-. The maximum atomic E-state index is 13.0. The van der Waals surface area contributed by atoms with Crippen LogP contribution in [-0.2, 0) is 33.3 Å². The summed E-state index contributed by atoms with van der Waals surface area (Å²) in [5.41, 5.74) is 0. The van der Waals surface area contributed by atoms with Gasteiger partial charge in [0.05, 0.1) is 34.4 Å². The normalized spacial score (nSPS) is 13.7. The minimum Gasteiger partial charge on any atom is -0.477 e. The van der Waals surface area contributed by atoms with Crippen LogP contribution in [0.15, 0.2) is 170 Å². The first-order valence-corrected chi connectivity index (χ1v) is 36.3. The lowest BCUT2D eigenvalue weighted by molar-refractivity contribution is -0.870. The molecule has 0 amide bonds. The molecule has 0 spiro atoms. The number of carbonyl (C=O) groups excluding carboxylic acids is 2. The van der Waals surface area contributed by atoms with Gasteiger partial charge in [0.1, 0.15) is 13.2 Å². The number of hydrogen-bond acceptors (Lipinski definition) is 7. The van der Waals surface area contributed by atoms with Crippen LogP contribution in [0.1, 0.15) is 271 Å². The topological polar surface area (TPSA) is 108 Å². The Labute approximate surface area is 558 Å². The Morgan fingerprint density at radius 3 is 0.934 bits per heavy atom. The summed E-state index contributed by atoms with van der Waals surface area (Å²) in [6, 6.07) is 0. The fourth-order valence-corrected chi connectivity index (χ4v) is 9.44. The number of aliphatic carboxylic acids is 1. The number of quaternary nitrogens is 1. The SMILES string of the molecule is CC/C=C\C/C=C\C/C=C\C/C=C\C/C=C\C/C=C\C/C=C\C/C=C\C/C=C\C/C=C\C/C=C\CCCCCCCCCC(=O)OC(COC(=O)CCCCCCCCCCCC/C=C\C/C=C\C/C=C\CCCCCCC)COC(OCC[N+](C)(C)C)C(=O)O. The maximum Gasteiger partial charge on any atom is 0.361 e. The van der Waals surface area contributed by atoms with Gasteiger partial charge in [0.2, 0.25) is 0 Å². The molecule has 0 aliphatic heterocycles. The molecule has 9 heteroatoms. The lowest BCUT2D eigenvalue weighted by Crippen LogP contribution is -2.40. The predicted octanol–water partition coefficient (Wildman–Crippen LogP) is 23.0. The van der Waals surface area contributed by atoms with Crippen LogP contribution in [0.25, 0.3) is 0 Å². The van der Waals surface area contributed by atoms with Crippen molar-refractivity contribution in [2.45, 2.75) is 283 Å². The van der Waals surface area contributed by atoms with Crippen LogP contribution in [-0.4, -0.2) is 87.4 Å². The molecular formula is C82H134NO8+. The van der Waals surface area contributed by atoms with Gasteiger partial charge in [-0.05, 0) is 135 Å². The van der Waals surface area contributed by atoms with E-state index in [0.717, 1.165) is 128 Å². The zero-order valence-corrected chi connectivity index (χ0v) is 58.7. The second-order valence-electron chi connectivity index (χ2n) is 24.8. The van der Waals surface area contributed by atoms with E-state index in [0.29, 0.717) is 17.4 Å². The molecule has 91 heavy (non-hydrogen) atoms. The van der Waals surface area contributed by atoms with Gasteiger partial charge in [-0.1, -0.05) is 293 Å². The van der Waals surface area contributed by atoms with Crippen molar-refractivity contribution in [3.8, 4) is 0 Å². The van der Waals surface area contributed by atoms with Crippen molar-refractivity contribution in [3.05, 3.63) is 170 Å². The second kappa shape index (κ2) is 70.5. The first kappa shape index (κ1) is 85.7. The molecule has 514 valence electrons. The molecule has 0 aliphatic rings. The van der Waals surface area contributed by atoms with E-state index in [-0.39, 0.29) is 38.6 Å². The summed E-state index contributed by atoms with van der Waals surface area (Å²) < 4.78 is 23.0. The molecule has 1 N–H and O–H groups in total. The summed E-state index contributed by atoms with van der Waals surface area (Å²) in [5, 5.41) is 9.75. The summed E-state index contributed by atoms with van der Waals surface area (Å²) in [5.74, 6) is -2.04. The highest BCUT2D eigenvalue weighted by Crippen LogP contribution is 2.15. The van der Waals surface area contributed by atoms with E-state index in [1.54, 1.807) is 0 Å². The molecule has 0 aromatic heterocycles. The van der Waals surface area contributed by atoms with Crippen LogP contribution in [0, 0.1) is 0 Å². The quantitative estimate of drug-likeness (QED) is 0.0211. The lowest BCUT2D eigenvalue weighted by Gasteiger charge is -2.25. The van der Waals surface area contributed by atoms with E-state index < -0.39 is 24.3 Å². The van der Waals surface area contributed by atoms with E-state index in [9.17, 15) is 19.5 Å². The third-order valence-corrected chi connectivity index (χ3v) is 15.0. The average Bonchev–Trinajstić information content (AvgIpc) is 3.53. The Morgan fingerprint density at radius 2 is 0.626 bits per heavy atom. The molecule has 0 aliphatic carbocycles. The maximum absolute atomic E-state index is 13.0. The van der Waals surface area contributed by atoms with Gasteiger partial charge in [0, 0.05) is 12.8 Å². The van der Waals surface area contributed by atoms with Gasteiger partial charge >= 0.3 is 17.9 Å². The summed E-state index contributed by atoms with van der Waals surface area (Å²) in [6.07, 6.45) is 103. The number of carboxylic acid groups (broad SMARTS) is 1. The first-order valence-electron chi connectivity index (χ1n) is 36.3. The van der Waals surface area contributed by atoms with E-state index in [1.807, 2.05) is 21.1 Å². The van der Waals surface area contributed by atoms with Gasteiger partial charge in [-0.3, -0.25) is 9.59 Å². The smallest absolute Gasteiger partial charge is 0.361 e. The first-order chi connectivity index (χ1) is 44.6. The Bertz CT molecular complexity index is 2100. The predicted molar refractivity (Wildman–Crippen MR) is 391 cm³/mol. The zero-order valence-electron chi connectivity index (χ0n) is 58.7. The van der Waals surface area contributed by atoms with E-state index in [1.165, 1.54) is 109 Å². The van der Waals surface area contributed by atoms with Crippen molar-refractivity contribution in [1.82, 2.24) is 0 Å². The Kier molecular flexibility index (Phi) is 66.4. The molecule has 0 aromatic carbocycles. The molecule has 0 saturated heterocycles. The Balaban J connectivity index is 4.20. The third kappa shape index (κ3) is 71.9. The van der Waals surface area contributed by atoms with Crippen LogP contribution in [0.4, 0.5) is 0 Å². The van der Waals surface area contributed by atoms with Crippen LogP contribution in [0.3, 0.4) is 0 Å². The molecule has 9 nitrogen and oxygen atoms in total. The van der Waals surface area contributed by atoms with Crippen LogP contribution < -0.4 is 0 Å². The van der Waals surface area contributed by atoms with Gasteiger partial charge in [-0.25, -0.2) is 4.79 Å². The largest absolute Gasteiger partial charge is 0.477 e. The average molecular weight is 1260 g/mol. The molecule has 0 rings (SSSR count). The van der Waals surface area contributed by atoms with E-state index >= 15 is 0 Å². The van der Waals surface area contributed by atoms with Crippen molar-refractivity contribution in [3.63, 3.8) is 0 Å². The van der Waals surface area contributed by atoms with Gasteiger partial charge < -0.3 is 28.5 Å². The number of allylic oxidation sites excluding steroid dienone is 28. The van der Waals surface area contributed by atoms with Crippen LogP contribution >= 0.6 is 0 Å². The molecule has 0 saturated carbocycles. The number of unbranched alkanes of at least 4 members (excludes halogenated alkanes) is 22. The summed E-state index contributed by atoms with van der Waals surface area (Å²) in [4.78, 5) is 37.6. The molecule has 2 unspecified atom stereocenters. The fraction of sp³-hybridized carbons (Fsp3) is 0.622. The number of hydrogen-bond donors (Lipinski definition) is 1. The molecule has 0 fully saturated rings. The monoisotopic (exact) mass is 1260 g/mol. The van der Waals surface area contributed by atoms with Gasteiger partial charge in [-0.2, -0.15) is 0 Å². The van der Waals surface area contributed by atoms with Crippen LogP contribution in [0.2, 0.25) is 0 Å². The van der Waals surface area contributed by atoms with Crippen molar-refractivity contribution in [1.29, 1.82) is 0 Å². The minimum atomic E-state index is -1.53. The minimum absolute atomic E-state index is 0.176. The number of esters is 2. The number of ether oxygens (including phenoxy) is 4. The highest BCUT2D eigenvalue weighted by Gasteiger charge is 2.25. The third-order valence-electron chi connectivity index (χ3n) is 15.0. The Hall–Kier alpha value is -5.35. The van der Waals surface area contributed by atoms with Gasteiger partial charge in [-0.15, -0.1) is 0 Å². The summed E-state index contributed by atoms with van der Waals surface area (Å²) in [7, 11) is 5.96. The highest BCUT2D eigenvalue weighted by molar-refractivity contribution is 5.71. The molecule has 0 bridgehead atoms. The molecule has 0 heterocycles. The van der Waals surface area contributed by atoms with Gasteiger partial charge in [0.15, 0.2) is 6.10 Å². The fourth-order valence-electron chi connectivity index (χ4n) is 9.44.